The van der Waals surface area contributed by atoms with Crippen LogP contribution in [0, 0.1) is 23.5 Å². The molecular formula is C20H20F2N2O5. The van der Waals surface area contributed by atoms with Crippen LogP contribution >= 0.6 is 0 Å². The molecule has 9 heteroatoms. The van der Waals surface area contributed by atoms with Crippen LogP contribution in [0.4, 0.5) is 14.5 Å². The zero-order valence-corrected chi connectivity index (χ0v) is 15.9. The van der Waals surface area contributed by atoms with Crippen molar-refractivity contribution in [1.29, 1.82) is 0 Å². The molecule has 154 valence electrons. The summed E-state index contributed by atoms with van der Waals surface area (Å²) < 4.78 is 31.9. The second-order valence-electron chi connectivity index (χ2n) is 7.07. The Morgan fingerprint density at radius 1 is 1.10 bits per heavy atom. The molecule has 1 aliphatic carbocycles. The highest BCUT2D eigenvalue weighted by Crippen LogP contribution is 2.36. The van der Waals surface area contributed by atoms with E-state index in [0.29, 0.717) is 12.8 Å². The summed E-state index contributed by atoms with van der Waals surface area (Å²) in [5.74, 6) is -5.27. The van der Waals surface area contributed by atoms with E-state index in [0.717, 1.165) is 23.1 Å². The lowest BCUT2D eigenvalue weighted by molar-refractivity contribution is -0.163. The van der Waals surface area contributed by atoms with Gasteiger partial charge in [0.2, 0.25) is 11.8 Å². The average Bonchev–Trinajstić information content (AvgIpc) is 2.94. The molecule has 1 aromatic carbocycles. The van der Waals surface area contributed by atoms with Crippen molar-refractivity contribution in [2.45, 2.75) is 38.8 Å². The number of anilines is 1. The van der Waals surface area contributed by atoms with Crippen LogP contribution in [0.1, 0.15) is 26.7 Å². The number of carbonyl (C=O) groups excluding carboxylic acids is 4. The van der Waals surface area contributed by atoms with Gasteiger partial charge in [-0.25, -0.2) is 13.6 Å². The molecule has 0 saturated carbocycles. The maximum atomic E-state index is 13.6. The first kappa shape index (κ1) is 20.6. The van der Waals surface area contributed by atoms with Gasteiger partial charge in [0.15, 0.2) is 6.10 Å². The predicted octanol–water partition coefficient (Wildman–Crippen LogP) is 2.17. The van der Waals surface area contributed by atoms with E-state index in [9.17, 15) is 28.0 Å². The fraction of sp³-hybridized carbons (Fsp3) is 0.400. The SMILES string of the molecule is C[C@H](OC(=O)[C@H](C)N1C(=O)[C@H]2CC=CC[C@@H]2C1=O)C(=O)Nc1cc(F)ccc1F. The Morgan fingerprint density at radius 3 is 2.28 bits per heavy atom. The summed E-state index contributed by atoms with van der Waals surface area (Å²) >= 11 is 0. The number of nitrogens with zero attached hydrogens (tertiary/aromatic N) is 1. The van der Waals surface area contributed by atoms with Gasteiger partial charge in [0.1, 0.15) is 17.7 Å². The Balaban J connectivity index is 1.63. The van der Waals surface area contributed by atoms with E-state index in [4.69, 9.17) is 4.74 Å². The number of amides is 3. The lowest BCUT2D eigenvalue weighted by atomic mass is 9.85. The minimum Gasteiger partial charge on any atom is -0.451 e. The second kappa shape index (κ2) is 8.10. The molecule has 1 fully saturated rings. The van der Waals surface area contributed by atoms with E-state index in [-0.39, 0.29) is 0 Å². The summed E-state index contributed by atoms with van der Waals surface area (Å²) in [4.78, 5) is 50.5. The third kappa shape index (κ3) is 4.03. The van der Waals surface area contributed by atoms with Crippen LogP contribution in [0.3, 0.4) is 0 Å². The lowest BCUT2D eigenvalue weighted by Gasteiger charge is -2.23. The number of benzene rings is 1. The minimum absolute atomic E-state index is 0.396. The van der Waals surface area contributed by atoms with Crippen LogP contribution < -0.4 is 5.32 Å². The van der Waals surface area contributed by atoms with Gasteiger partial charge in [0, 0.05) is 6.07 Å². The standard InChI is InChI=1S/C20H20F2N2O5/c1-10(24-18(26)13-5-3-4-6-14(13)19(24)27)20(28)29-11(2)17(25)23-16-9-12(21)7-8-15(16)22/h3-4,7-11,13-14H,5-6H2,1-2H3,(H,23,25)/t10-,11-,13-,14-/m0/s1. The van der Waals surface area contributed by atoms with Crippen molar-refractivity contribution in [3.05, 3.63) is 42.0 Å². The molecular weight excluding hydrogens is 386 g/mol. The van der Waals surface area contributed by atoms with E-state index in [1.165, 1.54) is 13.8 Å². The van der Waals surface area contributed by atoms with Crippen molar-refractivity contribution in [1.82, 2.24) is 4.90 Å². The van der Waals surface area contributed by atoms with Crippen LogP contribution in [-0.2, 0) is 23.9 Å². The van der Waals surface area contributed by atoms with Gasteiger partial charge < -0.3 is 10.1 Å². The van der Waals surface area contributed by atoms with Crippen LogP contribution in [0.2, 0.25) is 0 Å². The molecule has 1 N–H and O–H groups in total. The van der Waals surface area contributed by atoms with Gasteiger partial charge in [-0.15, -0.1) is 0 Å². The quantitative estimate of drug-likeness (QED) is 0.460. The molecule has 0 spiro atoms. The summed E-state index contributed by atoms with van der Waals surface area (Å²) in [6.45, 7) is 2.59. The molecule has 0 aromatic heterocycles. The topological polar surface area (TPSA) is 92.8 Å². The number of ether oxygens (including phenoxy) is 1. The van der Waals surface area contributed by atoms with Gasteiger partial charge >= 0.3 is 5.97 Å². The zero-order valence-electron chi connectivity index (χ0n) is 15.9. The Kier molecular flexibility index (Phi) is 5.76. The summed E-state index contributed by atoms with van der Waals surface area (Å²) in [7, 11) is 0. The summed E-state index contributed by atoms with van der Waals surface area (Å²) in [5.41, 5.74) is -0.396. The fourth-order valence-corrected chi connectivity index (χ4v) is 3.47. The van der Waals surface area contributed by atoms with Crippen molar-refractivity contribution < 1.29 is 32.7 Å². The third-order valence-corrected chi connectivity index (χ3v) is 5.12. The van der Waals surface area contributed by atoms with Crippen molar-refractivity contribution >= 4 is 29.4 Å². The number of nitrogens with one attached hydrogen (secondary N) is 1. The van der Waals surface area contributed by atoms with Crippen molar-refractivity contribution in [2.24, 2.45) is 11.8 Å². The maximum absolute atomic E-state index is 13.6. The fourth-order valence-electron chi connectivity index (χ4n) is 3.47. The van der Waals surface area contributed by atoms with E-state index in [1.54, 1.807) is 0 Å². The maximum Gasteiger partial charge on any atom is 0.329 e. The normalized spacial score (nSPS) is 22.8. The Labute approximate surface area is 165 Å². The van der Waals surface area contributed by atoms with E-state index in [1.807, 2.05) is 12.2 Å². The van der Waals surface area contributed by atoms with Gasteiger partial charge in [-0.3, -0.25) is 19.3 Å². The van der Waals surface area contributed by atoms with E-state index in [2.05, 4.69) is 5.32 Å². The number of fused-ring (bicyclic) bond motifs is 1. The molecule has 0 radical (unpaired) electrons. The molecule has 1 aromatic rings. The molecule has 2 aliphatic rings. The monoisotopic (exact) mass is 406 g/mol. The molecule has 29 heavy (non-hydrogen) atoms. The van der Waals surface area contributed by atoms with Crippen molar-refractivity contribution in [3.8, 4) is 0 Å². The van der Waals surface area contributed by atoms with Crippen LogP contribution in [0.15, 0.2) is 30.4 Å². The number of rotatable bonds is 5. The highest BCUT2D eigenvalue weighted by molar-refractivity contribution is 6.08. The van der Waals surface area contributed by atoms with E-state index < -0.39 is 65.0 Å². The zero-order chi connectivity index (χ0) is 21.3. The highest BCUT2D eigenvalue weighted by atomic mass is 19.1. The average molecular weight is 406 g/mol. The largest absolute Gasteiger partial charge is 0.451 e. The Morgan fingerprint density at radius 2 is 1.69 bits per heavy atom. The minimum atomic E-state index is -1.36. The molecule has 4 atom stereocenters. The van der Waals surface area contributed by atoms with E-state index >= 15 is 0 Å². The number of likely N-dealkylation sites (tertiary alicyclic amines) is 1. The summed E-state index contributed by atoms with van der Waals surface area (Å²) in [5, 5.41) is 2.14. The number of hydrogen-bond donors (Lipinski definition) is 1. The first-order valence-electron chi connectivity index (χ1n) is 9.19. The molecule has 3 amide bonds. The molecule has 0 unspecified atom stereocenters. The first-order chi connectivity index (χ1) is 13.7. The molecule has 1 saturated heterocycles. The number of hydrogen-bond acceptors (Lipinski definition) is 5. The number of imide groups is 1. The molecule has 7 nitrogen and oxygen atoms in total. The predicted molar refractivity (Wildman–Crippen MR) is 97.2 cm³/mol. The molecule has 1 heterocycles. The highest BCUT2D eigenvalue weighted by Gasteiger charge is 2.50. The van der Waals surface area contributed by atoms with Crippen LogP contribution in [-0.4, -0.2) is 40.7 Å². The number of esters is 1. The van der Waals surface area contributed by atoms with Crippen LogP contribution in [0.5, 0.6) is 0 Å². The van der Waals surface area contributed by atoms with Gasteiger partial charge in [-0.1, -0.05) is 12.2 Å². The van der Waals surface area contributed by atoms with Crippen molar-refractivity contribution in [3.63, 3.8) is 0 Å². The first-order valence-corrected chi connectivity index (χ1v) is 9.19. The smallest absolute Gasteiger partial charge is 0.329 e. The summed E-state index contributed by atoms with van der Waals surface area (Å²) in [6.07, 6.45) is 3.18. The molecule has 3 rings (SSSR count). The molecule has 0 bridgehead atoms. The van der Waals surface area contributed by atoms with Gasteiger partial charge in [0.25, 0.3) is 5.91 Å². The van der Waals surface area contributed by atoms with Gasteiger partial charge in [0.05, 0.1) is 17.5 Å². The van der Waals surface area contributed by atoms with Gasteiger partial charge in [-0.05, 0) is 38.8 Å². The number of carbonyl (C=O) groups is 4. The molecule has 1 aliphatic heterocycles. The number of halogens is 2. The third-order valence-electron chi connectivity index (χ3n) is 5.12. The second-order valence-corrected chi connectivity index (χ2v) is 7.07. The summed E-state index contributed by atoms with van der Waals surface area (Å²) in [6, 6.07) is 1.33. The Hall–Kier alpha value is -3.10. The Bertz CT molecular complexity index is 875. The van der Waals surface area contributed by atoms with Crippen LogP contribution in [0.25, 0.3) is 0 Å². The number of allylic oxidation sites excluding steroid dienone is 2. The van der Waals surface area contributed by atoms with Crippen molar-refractivity contribution in [2.75, 3.05) is 5.32 Å². The van der Waals surface area contributed by atoms with Gasteiger partial charge in [-0.2, -0.15) is 0 Å². The lowest BCUT2D eigenvalue weighted by Crippen LogP contribution is -2.46.